The third-order valence-corrected chi connectivity index (χ3v) is 5.02. The van der Waals surface area contributed by atoms with Gasteiger partial charge in [-0.3, -0.25) is 0 Å². The highest BCUT2D eigenvalue weighted by atomic mass is 35.5. The minimum absolute atomic E-state index is 0.255. The summed E-state index contributed by atoms with van der Waals surface area (Å²) >= 11 is 12.2. The molecule has 0 saturated carbocycles. The van der Waals surface area contributed by atoms with Gasteiger partial charge in [0.25, 0.3) is 0 Å². The average molecular weight is 377 g/mol. The molecule has 0 aliphatic carbocycles. The van der Waals surface area contributed by atoms with Crippen LogP contribution in [0.4, 0.5) is 0 Å². The van der Waals surface area contributed by atoms with E-state index in [1.54, 1.807) is 0 Å². The zero-order valence-corrected chi connectivity index (χ0v) is 15.5. The summed E-state index contributed by atoms with van der Waals surface area (Å²) < 4.78 is 2.25. The van der Waals surface area contributed by atoms with Gasteiger partial charge in [-0.2, -0.15) is 0 Å². The topological polar surface area (TPSA) is 37.2 Å². The van der Waals surface area contributed by atoms with Gasteiger partial charge in [0.05, 0.1) is 10.0 Å². The molecular formula is C20H22Cl2N2O. The Labute approximate surface area is 158 Å². The Bertz CT molecular complexity index is 845. The maximum atomic E-state index is 8.86. The van der Waals surface area contributed by atoms with Crippen LogP contribution in [-0.4, -0.2) is 22.8 Å². The van der Waals surface area contributed by atoms with Crippen LogP contribution in [0.25, 0.3) is 10.9 Å². The van der Waals surface area contributed by atoms with Crippen LogP contribution >= 0.6 is 23.2 Å². The summed E-state index contributed by atoms with van der Waals surface area (Å²) in [6, 6.07) is 14.2. The zero-order valence-electron chi connectivity index (χ0n) is 14.0. The van der Waals surface area contributed by atoms with E-state index in [0.717, 1.165) is 38.0 Å². The molecule has 3 nitrogen and oxygen atoms in total. The number of aromatic nitrogens is 1. The smallest absolute Gasteiger partial charge is 0.0595 e. The molecular weight excluding hydrogens is 355 g/mol. The lowest BCUT2D eigenvalue weighted by Gasteiger charge is -2.07. The average Bonchev–Trinajstić information content (AvgIpc) is 2.96. The van der Waals surface area contributed by atoms with Crippen LogP contribution in [-0.2, 0) is 13.1 Å². The summed E-state index contributed by atoms with van der Waals surface area (Å²) in [5.74, 6) is 0. The van der Waals surface area contributed by atoms with Crippen molar-refractivity contribution in [3.63, 3.8) is 0 Å². The Morgan fingerprint density at radius 1 is 1.00 bits per heavy atom. The van der Waals surface area contributed by atoms with E-state index < -0.39 is 0 Å². The molecule has 0 bridgehead atoms. The van der Waals surface area contributed by atoms with Crippen molar-refractivity contribution in [3.8, 4) is 0 Å². The van der Waals surface area contributed by atoms with Gasteiger partial charge < -0.3 is 15.0 Å². The number of rotatable bonds is 8. The Hall–Kier alpha value is -1.52. The predicted molar refractivity (Wildman–Crippen MR) is 106 cm³/mol. The molecule has 1 heterocycles. The highest BCUT2D eigenvalue weighted by Gasteiger charge is 2.09. The van der Waals surface area contributed by atoms with Crippen molar-refractivity contribution >= 4 is 34.1 Å². The number of nitrogens with one attached hydrogen (secondary N) is 1. The number of aliphatic hydroxyl groups is 1. The van der Waals surface area contributed by atoms with E-state index in [9.17, 15) is 0 Å². The maximum absolute atomic E-state index is 8.86. The van der Waals surface area contributed by atoms with Crippen LogP contribution in [0.5, 0.6) is 0 Å². The molecule has 0 aliphatic heterocycles. The number of para-hydroxylation sites is 1. The van der Waals surface area contributed by atoms with Crippen molar-refractivity contribution in [2.24, 2.45) is 0 Å². The van der Waals surface area contributed by atoms with Gasteiger partial charge in [-0.05, 0) is 48.7 Å². The van der Waals surface area contributed by atoms with Crippen molar-refractivity contribution in [2.75, 3.05) is 13.2 Å². The second kappa shape index (κ2) is 8.72. The van der Waals surface area contributed by atoms with Gasteiger partial charge in [0.15, 0.2) is 0 Å². The van der Waals surface area contributed by atoms with Gasteiger partial charge >= 0.3 is 0 Å². The lowest BCUT2D eigenvalue weighted by molar-refractivity contribution is 0.283. The number of nitrogens with zero attached hydrogens (tertiary/aromatic N) is 1. The second-order valence-electron chi connectivity index (χ2n) is 6.16. The van der Waals surface area contributed by atoms with Crippen molar-refractivity contribution in [3.05, 3.63) is 69.8 Å². The first-order chi connectivity index (χ1) is 12.2. The summed E-state index contributed by atoms with van der Waals surface area (Å²) in [5.41, 5.74) is 3.61. The molecule has 0 atom stereocenters. The molecule has 3 aromatic rings. The van der Waals surface area contributed by atoms with Gasteiger partial charge in [-0.15, -0.1) is 0 Å². The molecule has 3 rings (SSSR count). The Balaban J connectivity index is 1.79. The fourth-order valence-electron chi connectivity index (χ4n) is 3.01. The summed E-state index contributed by atoms with van der Waals surface area (Å²) in [7, 11) is 0. The monoisotopic (exact) mass is 376 g/mol. The molecule has 0 aliphatic rings. The highest BCUT2D eigenvalue weighted by molar-refractivity contribution is 6.42. The first-order valence-corrected chi connectivity index (χ1v) is 9.27. The first-order valence-electron chi connectivity index (χ1n) is 8.51. The van der Waals surface area contributed by atoms with Crippen LogP contribution in [0.1, 0.15) is 24.0 Å². The maximum Gasteiger partial charge on any atom is 0.0595 e. The van der Waals surface area contributed by atoms with Crippen molar-refractivity contribution in [2.45, 2.75) is 25.9 Å². The number of halogens is 2. The molecule has 0 amide bonds. The van der Waals surface area contributed by atoms with E-state index in [4.69, 9.17) is 28.3 Å². The summed E-state index contributed by atoms with van der Waals surface area (Å²) in [6.45, 7) is 2.74. The SMILES string of the molecule is OCCCCNCc1cn(Cc2ccc(Cl)c(Cl)c2)c2ccccc12. The summed E-state index contributed by atoms with van der Waals surface area (Å²) in [6.07, 6.45) is 4.02. The fraction of sp³-hybridized carbons (Fsp3) is 0.300. The third-order valence-electron chi connectivity index (χ3n) is 4.29. The molecule has 0 unspecified atom stereocenters. The molecule has 1 aromatic heterocycles. The van der Waals surface area contributed by atoms with Crippen LogP contribution in [0.15, 0.2) is 48.7 Å². The fourth-order valence-corrected chi connectivity index (χ4v) is 3.33. The summed E-state index contributed by atoms with van der Waals surface area (Å²) in [5, 5.41) is 14.7. The Morgan fingerprint density at radius 3 is 2.64 bits per heavy atom. The van der Waals surface area contributed by atoms with E-state index in [0.29, 0.717) is 10.0 Å². The molecule has 25 heavy (non-hydrogen) atoms. The second-order valence-corrected chi connectivity index (χ2v) is 6.97. The number of aliphatic hydroxyl groups excluding tert-OH is 1. The Kier molecular flexibility index (Phi) is 6.38. The van der Waals surface area contributed by atoms with Crippen LogP contribution in [0.2, 0.25) is 10.0 Å². The van der Waals surface area contributed by atoms with Gasteiger partial charge in [-0.25, -0.2) is 0 Å². The van der Waals surface area contributed by atoms with E-state index in [1.807, 2.05) is 18.2 Å². The first kappa shape index (κ1) is 18.3. The normalized spacial score (nSPS) is 11.3. The standard InChI is InChI=1S/C20H22Cl2N2O/c21-18-8-7-15(11-19(18)22)13-24-14-16(12-23-9-3-4-10-25)17-5-1-2-6-20(17)24/h1-2,5-8,11,14,23,25H,3-4,9-10,12-13H2. The number of hydrogen-bond acceptors (Lipinski definition) is 2. The molecule has 132 valence electrons. The van der Waals surface area contributed by atoms with Gasteiger partial charge in [-0.1, -0.05) is 47.5 Å². The van der Waals surface area contributed by atoms with Crippen LogP contribution in [0, 0.1) is 0 Å². The van der Waals surface area contributed by atoms with Gasteiger partial charge in [0.1, 0.15) is 0 Å². The van der Waals surface area contributed by atoms with Gasteiger partial charge in [0.2, 0.25) is 0 Å². The van der Waals surface area contributed by atoms with Gasteiger partial charge in [0, 0.05) is 36.8 Å². The van der Waals surface area contributed by atoms with Crippen molar-refractivity contribution in [1.82, 2.24) is 9.88 Å². The molecule has 0 fully saturated rings. The lowest BCUT2D eigenvalue weighted by atomic mass is 10.2. The molecule has 2 aromatic carbocycles. The predicted octanol–water partition coefficient (Wildman–Crippen LogP) is 4.86. The quantitative estimate of drug-likeness (QED) is 0.550. The molecule has 0 radical (unpaired) electrons. The van der Waals surface area contributed by atoms with Crippen molar-refractivity contribution in [1.29, 1.82) is 0 Å². The number of fused-ring (bicyclic) bond motifs is 1. The minimum Gasteiger partial charge on any atom is -0.396 e. The largest absolute Gasteiger partial charge is 0.396 e. The zero-order chi connectivity index (χ0) is 17.6. The van der Waals surface area contributed by atoms with Crippen LogP contribution in [0.3, 0.4) is 0 Å². The van der Waals surface area contributed by atoms with E-state index in [1.165, 1.54) is 16.5 Å². The van der Waals surface area contributed by atoms with Crippen molar-refractivity contribution < 1.29 is 5.11 Å². The molecule has 0 saturated heterocycles. The molecule has 5 heteroatoms. The summed E-state index contributed by atoms with van der Waals surface area (Å²) in [4.78, 5) is 0. The number of hydrogen-bond donors (Lipinski definition) is 2. The molecule has 0 spiro atoms. The third kappa shape index (κ3) is 4.56. The van der Waals surface area contributed by atoms with E-state index >= 15 is 0 Å². The lowest BCUT2D eigenvalue weighted by Crippen LogP contribution is -2.14. The minimum atomic E-state index is 0.255. The molecule has 2 N–H and O–H groups in total. The van der Waals surface area contributed by atoms with E-state index in [2.05, 4.69) is 40.3 Å². The van der Waals surface area contributed by atoms with E-state index in [-0.39, 0.29) is 6.61 Å². The number of benzene rings is 2. The highest BCUT2D eigenvalue weighted by Crippen LogP contribution is 2.26. The number of unbranched alkanes of at least 4 members (excludes halogenated alkanes) is 1. The van der Waals surface area contributed by atoms with Crippen LogP contribution < -0.4 is 5.32 Å². The Morgan fingerprint density at radius 2 is 1.84 bits per heavy atom.